The van der Waals surface area contributed by atoms with Gasteiger partial charge in [-0.2, -0.15) is 0 Å². The van der Waals surface area contributed by atoms with Crippen LogP contribution in [0.15, 0.2) is 18.2 Å². The lowest BCUT2D eigenvalue weighted by Gasteiger charge is -2.07. The molecule has 0 fully saturated rings. The summed E-state index contributed by atoms with van der Waals surface area (Å²) in [6.45, 7) is 5.04. The molecule has 2 aromatic rings. The van der Waals surface area contributed by atoms with E-state index in [0.29, 0.717) is 5.02 Å². The lowest BCUT2D eigenvalue weighted by atomic mass is 10.2. The Labute approximate surface area is 121 Å². The molecule has 0 spiro atoms. The first-order valence-corrected chi connectivity index (χ1v) is 7.25. The van der Waals surface area contributed by atoms with Crippen molar-refractivity contribution >= 4 is 22.9 Å². The number of hydrogen-bond acceptors (Lipinski definition) is 5. The Morgan fingerprint density at radius 3 is 2.89 bits per heavy atom. The minimum absolute atomic E-state index is 0.196. The van der Waals surface area contributed by atoms with Crippen LogP contribution in [0.2, 0.25) is 5.02 Å². The van der Waals surface area contributed by atoms with Crippen molar-refractivity contribution in [2.24, 2.45) is 0 Å². The van der Waals surface area contributed by atoms with Crippen LogP contribution in [0.25, 0.3) is 10.6 Å². The van der Waals surface area contributed by atoms with E-state index in [-0.39, 0.29) is 6.04 Å². The van der Waals surface area contributed by atoms with Crippen LogP contribution in [0.1, 0.15) is 24.9 Å². The molecule has 0 radical (unpaired) electrons. The molecule has 0 aliphatic carbocycles. The number of rotatable bonds is 5. The lowest BCUT2D eigenvalue weighted by Crippen LogP contribution is -2.17. The van der Waals surface area contributed by atoms with E-state index in [1.54, 1.807) is 24.5 Å². The number of benzene rings is 1. The average molecular weight is 298 g/mol. The lowest BCUT2D eigenvalue weighted by molar-refractivity contribution is 0.416. The van der Waals surface area contributed by atoms with Gasteiger partial charge in [0.25, 0.3) is 0 Å². The molecule has 0 aliphatic rings. The fourth-order valence-electron chi connectivity index (χ4n) is 1.76. The minimum Gasteiger partial charge on any atom is -0.496 e. The van der Waals surface area contributed by atoms with Gasteiger partial charge in [0.2, 0.25) is 0 Å². The van der Waals surface area contributed by atoms with E-state index in [2.05, 4.69) is 29.4 Å². The smallest absolute Gasteiger partial charge is 0.151 e. The van der Waals surface area contributed by atoms with Crippen molar-refractivity contribution < 1.29 is 4.74 Å². The van der Waals surface area contributed by atoms with Crippen LogP contribution in [0.4, 0.5) is 0 Å². The zero-order chi connectivity index (χ0) is 13.8. The SMILES string of the molecule is CCNC(C)c1nnc(-c2cc(Cl)ccc2OC)s1. The van der Waals surface area contributed by atoms with Gasteiger partial charge in [-0.3, -0.25) is 0 Å². The van der Waals surface area contributed by atoms with Gasteiger partial charge in [-0.25, -0.2) is 0 Å². The highest BCUT2D eigenvalue weighted by Crippen LogP contribution is 2.35. The van der Waals surface area contributed by atoms with Crippen molar-refractivity contribution in [1.82, 2.24) is 15.5 Å². The van der Waals surface area contributed by atoms with Gasteiger partial charge in [0.1, 0.15) is 10.8 Å². The zero-order valence-electron chi connectivity index (χ0n) is 11.1. The van der Waals surface area contributed by atoms with E-state index < -0.39 is 0 Å². The first-order valence-electron chi connectivity index (χ1n) is 6.06. The topological polar surface area (TPSA) is 47.0 Å². The largest absolute Gasteiger partial charge is 0.496 e. The first-order chi connectivity index (χ1) is 9.15. The van der Waals surface area contributed by atoms with E-state index in [1.165, 1.54) is 0 Å². The molecule has 0 saturated heterocycles. The number of methoxy groups -OCH3 is 1. The molecule has 1 unspecified atom stereocenters. The molecule has 1 atom stereocenters. The molecule has 6 heteroatoms. The van der Waals surface area contributed by atoms with Crippen LogP contribution in [0, 0.1) is 0 Å². The maximum absolute atomic E-state index is 6.03. The summed E-state index contributed by atoms with van der Waals surface area (Å²) in [6, 6.07) is 5.68. The summed E-state index contributed by atoms with van der Waals surface area (Å²) < 4.78 is 5.34. The van der Waals surface area contributed by atoms with Crippen LogP contribution in [0.3, 0.4) is 0 Å². The molecular weight excluding hydrogens is 282 g/mol. The van der Waals surface area contributed by atoms with Crippen LogP contribution in [0.5, 0.6) is 5.75 Å². The molecule has 4 nitrogen and oxygen atoms in total. The fraction of sp³-hybridized carbons (Fsp3) is 0.385. The molecule has 102 valence electrons. The van der Waals surface area contributed by atoms with Gasteiger partial charge in [0.05, 0.1) is 18.7 Å². The van der Waals surface area contributed by atoms with Crippen molar-refractivity contribution in [2.75, 3.05) is 13.7 Å². The number of halogens is 1. The average Bonchev–Trinajstić information content (AvgIpc) is 2.88. The summed E-state index contributed by atoms with van der Waals surface area (Å²) in [5.74, 6) is 0.753. The summed E-state index contributed by atoms with van der Waals surface area (Å²) in [6.07, 6.45) is 0. The van der Waals surface area contributed by atoms with E-state index >= 15 is 0 Å². The monoisotopic (exact) mass is 297 g/mol. The summed E-state index contributed by atoms with van der Waals surface area (Å²) in [7, 11) is 1.63. The molecule has 1 aromatic carbocycles. The van der Waals surface area contributed by atoms with Crippen LogP contribution >= 0.6 is 22.9 Å². The summed E-state index contributed by atoms with van der Waals surface area (Å²) in [5, 5.41) is 14.2. The van der Waals surface area contributed by atoms with Crippen LogP contribution in [-0.4, -0.2) is 23.9 Å². The van der Waals surface area contributed by atoms with E-state index in [1.807, 2.05) is 12.1 Å². The molecule has 0 bridgehead atoms. The Hall–Kier alpha value is -1.17. The third-order valence-corrected chi connectivity index (χ3v) is 4.09. The van der Waals surface area contributed by atoms with Gasteiger partial charge in [0.15, 0.2) is 5.01 Å². The van der Waals surface area contributed by atoms with Gasteiger partial charge in [-0.1, -0.05) is 29.9 Å². The normalized spacial score (nSPS) is 12.4. The molecular formula is C13H16ClN3OS. The van der Waals surface area contributed by atoms with Gasteiger partial charge in [0, 0.05) is 5.02 Å². The standard InChI is InChI=1S/C13H16ClN3OS/c1-4-15-8(2)12-16-17-13(19-12)10-7-9(14)5-6-11(10)18-3/h5-8,15H,4H2,1-3H3. The van der Waals surface area contributed by atoms with Crippen molar-refractivity contribution in [3.8, 4) is 16.3 Å². The van der Waals surface area contributed by atoms with Crippen molar-refractivity contribution in [2.45, 2.75) is 19.9 Å². The van der Waals surface area contributed by atoms with Crippen molar-refractivity contribution in [1.29, 1.82) is 0 Å². The highest BCUT2D eigenvalue weighted by Gasteiger charge is 2.15. The molecule has 1 aromatic heterocycles. The Balaban J connectivity index is 2.34. The second kappa shape index (κ2) is 6.32. The quantitative estimate of drug-likeness (QED) is 0.917. The minimum atomic E-state index is 0.196. The summed E-state index contributed by atoms with van der Waals surface area (Å²) in [4.78, 5) is 0. The molecule has 19 heavy (non-hydrogen) atoms. The Kier molecular flexibility index (Phi) is 4.74. The Bertz CT molecular complexity index is 559. The molecule has 0 aliphatic heterocycles. The number of nitrogens with zero attached hydrogens (tertiary/aromatic N) is 2. The van der Waals surface area contributed by atoms with Gasteiger partial charge in [-0.05, 0) is 31.7 Å². The molecule has 1 heterocycles. The Morgan fingerprint density at radius 2 is 2.21 bits per heavy atom. The predicted octanol–water partition coefficient (Wildman–Crippen LogP) is 3.54. The van der Waals surface area contributed by atoms with Gasteiger partial charge >= 0.3 is 0 Å². The number of aromatic nitrogens is 2. The maximum Gasteiger partial charge on any atom is 0.151 e. The molecule has 2 rings (SSSR count). The second-order valence-corrected chi connectivity index (χ2v) is 5.51. The van der Waals surface area contributed by atoms with Gasteiger partial charge < -0.3 is 10.1 Å². The highest BCUT2D eigenvalue weighted by molar-refractivity contribution is 7.14. The van der Waals surface area contributed by atoms with Crippen molar-refractivity contribution in [3.63, 3.8) is 0 Å². The number of nitrogens with one attached hydrogen (secondary N) is 1. The predicted molar refractivity (Wildman–Crippen MR) is 79.0 cm³/mol. The molecule has 1 N–H and O–H groups in total. The third-order valence-electron chi connectivity index (χ3n) is 2.71. The van der Waals surface area contributed by atoms with E-state index in [4.69, 9.17) is 16.3 Å². The van der Waals surface area contributed by atoms with E-state index in [9.17, 15) is 0 Å². The molecule has 0 amide bonds. The highest BCUT2D eigenvalue weighted by atomic mass is 35.5. The Morgan fingerprint density at radius 1 is 1.42 bits per heavy atom. The van der Waals surface area contributed by atoms with E-state index in [0.717, 1.165) is 27.9 Å². The second-order valence-electron chi connectivity index (χ2n) is 4.07. The summed E-state index contributed by atoms with van der Waals surface area (Å²) in [5.41, 5.74) is 0.877. The fourth-order valence-corrected chi connectivity index (χ4v) is 2.82. The zero-order valence-corrected chi connectivity index (χ0v) is 12.7. The summed E-state index contributed by atoms with van der Waals surface area (Å²) >= 11 is 7.58. The van der Waals surface area contributed by atoms with Crippen LogP contribution < -0.4 is 10.1 Å². The first kappa shape index (κ1) is 14.2. The number of hydrogen-bond donors (Lipinski definition) is 1. The van der Waals surface area contributed by atoms with Crippen molar-refractivity contribution in [3.05, 3.63) is 28.2 Å². The number of ether oxygens (including phenoxy) is 1. The molecule has 0 saturated carbocycles. The third kappa shape index (κ3) is 3.23. The van der Waals surface area contributed by atoms with Gasteiger partial charge in [-0.15, -0.1) is 10.2 Å². The van der Waals surface area contributed by atoms with Crippen LogP contribution in [-0.2, 0) is 0 Å². The maximum atomic E-state index is 6.03.